The van der Waals surface area contributed by atoms with Crippen molar-refractivity contribution in [3.8, 4) is 22.3 Å². The summed E-state index contributed by atoms with van der Waals surface area (Å²) in [6.45, 7) is 9.10. The Labute approximate surface area is 224 Å². The zero-order chi connectivity index (χ0) is 25.6. The van der Waals surface area contributed by atoms with Gasteiger partial charge < -0.3 is 5.32 Å². The van der Waals surface area contributed by atoms with Gasteiger partial charge in [-0.05, 0) is 88.2 Å². The number of anilines is 2. The molecular formula is C35H33NS. The maximum atomic E-state index is 3.64. The van der Waals surface area contributed by atoms with Gasteiger partial charge in [-0.3, -0.25) is 0 Å². The van der Waals surface area contributed by atoms with Crippen molar-refractivity contribution in [3.63, 3.8) is 0 Å². The third kappa shape index (κ3) is 4.10. The number of thiophene rings is 1. The standard InChI is InChI=1S/C35H33NS/c1-5-7-10-29-30-21-24(15-20-34(30)37-33(29)6-2)23-13-16-25(17-14-23)36-26-18-19-28-27-11-8-9-12-31(27)35(3,4)32(28)22-26/h7-22,36H,5-6H2,1-4H3/b10-7-. The van der Waals surface area contributed by atoms with Gasteiger partial charge in [0, 0.05) is 31.8 Å². The van der Waals surface area contributed by atoms with E-state index in [4.69, 9.17) is 0 Å². The van der Waals surface area contributed by atoms with E-state index in [1.807, 2.05) is 11.3 Å². The molecule has 0 fully saturated rings. The fourth-order valence-electron chi connectivity index (χ4n) is 5.72. The van der Waals surface area contributed by atoms with Crippen LogP contribution in [0.3, 0.4) is 0 Å². The highest BCUT2D eigenvalue weighted by Gasteiger charge is 2.35. The van der Waals surface area contributed by atoms with Gasteiger partial charge in [0.15, 0.2) is 0 Å². The Kier molecular flexibility index (Phi) is 6.01. The summed E-state index contributed by atoms with van der Waals surface area (Å²) in [6, 6.07) is 31.3. The van der Waals surface area contributed by atoms with Crippen LogP contribution < -0.4 is 5.32 Å². The Morgan fingerprint density at radius 1 is 0.757 bits per heavy atom. The lowest BCUT2D eigenvalue weighted by Gasteiger charge is -2.22. The van der Waals surface area contributed by atoms with Gasteiger partial charge in [-0.15, -0.1) is 11.3 Å². The molecular weight excluding hydrogens is 466 g/mol. The summed E-state index contributed by atoms with van der Waals surface area (Å²) in [7, 11) is 0. The van der Waals surface area contributed by atoms with Crippen LogP contribution in [0.1, 0.15) is 55.7 Å². The second-order valence-electron chi connectivity index (χ2n) is 10.4. The van der Waals surface area contributed by atoms with Crippen molar-refractivity contribution in [1.29, 1.82) is 0 Å². The molecule has 0 saturated heterocycles. The van der Waals surface area contributed by atoms with Crippen molar-refractivity contribution in [3.05, 3.63) is 113 Å². The quantitative estimate of drug-likeness (QED) is 0.245. The number of hydrogen-bond donors (Lipinski definition) is 1. The number of aryl methyl sites for hydroxylation is 1. The second kappa shape index (κ2) is 9.36. The molecule has 1 aliphatic carbocycles. The van der Waals surface area contributed by atoms with E-state index in [9.17, 15) is 0 Å². The molecule has 4 aromatic carbocycles. The molecule has 0 saturated carbocycles. The highest BCUT2D eigenvalue weighted by Crippen LogP contribution is 2.49. The molecule has 6 rings (SSSR count). The third-order valence-corrected chi connectivity index (χ3v) is 9.07. The SMILES string of the molecule is CC/C=C\c1c(CC)sc2ccc(-c3ccc(Nc4ccc5c(c4)C(C)(C)c4ccccc4-5)cc3)cc12. The van der Waals surface area contributed by atoms with Crippen molar-refractivity contribution in [2.24, 2.45) is 0 Å². The monoisotopic (exact) mass is 499 g/mol. The predicted molar refractivity (Wildman–Crippen MR) is 163 cm³/mol. The molecule has 0 amide bonds. The van der Waals surface area contributed by atoms with E-state index < -0.39 is 0 Å². The summed E-state index contributed by atoms with van der Waals surface area (Å²) in [4.78, 5) is 1.47. The first-order chi connectivity index (χ1) is 18.0. The molecule has 0 bridgehead atoms. The van der Waals surface area contributed by atoms with Crippen LogP contribution in [0.4, 0.5) is 11.4 Å². The van der Waals surface area contributed by atoms with Crippen LogP contribution in [-0.2, 0) is 11.8 Å². The van der Waals surface area contributed by atoms with Crippen LogP contribution in [0, 0.1) is 0 Å². The van der Waals surface area contributed by atoms with E-state index in [2.05, 4.69) is 130 Å². The van der Waals surface area contributed by atoms with Gasteiger partial charge in [0.2, 0.25) is 0 Å². The molecule has 0 aliphatic heterocycles. The van der Waals surface area contributed by atoms with Crippen molar-refractivity contribution in [2.75, 3.05) is 5.32 Å². The zero-order valence-corrected chi connectivity index (χ0v) is 22.9. The predicted octanol–water partition coefficient (Wildman–Crippen LogP) is 10.6. The number of nitrogens with one attached hydrogen (secondary N) is 1. The average molecular weight is 500 g/mol. The van der Waals surface area contributed by atoms with Crippen LogP contribution in [0.15, 0.2) is 91.0 Å². The highest BCUT2D eigenvalue weighted by atomic mass is 32.1. The van der Waals surface area contributed by atoms with Gasteiger partial charge in [-0.2, -0.15) is 0 Å². The number of rotatable bonds is 6. The molecule has 1 aliphatic rings. The topological polar surface area (TPSA) is 12.0 Å². The zero-order valence-electron chi connectivity index (χ0n) is 22.1. The lowest BCUT2D eigenvalue weighted by Crippen LogP contribution is -2.15. The van der Waals surface area contributed by atoms with Crippen LogP contribution in [0.2, 0.25) is 0 Å². The van der Waals surface area contributed by atoms with Crippen molar-refractivity contribution in [2.45, 2.75) is 46.0 Å². The van der Waals surface area contributed by atoms with Crippen LogP contribution in [-0.4, -0.2) is 0 Å². The molecule has 0 spiro atoms. The first-order valence-corrected chi connectivity index (χ1v) is 14.1. The van der Waals surface area contributed by atoms with E-state index in [-0.39, 0.29) is 5.41 Å². The Balaban J connectivity index is 1.27. The smallest absolute Gasteiger partial charge is 0.0387 e. The fraction of sp³-hybridized carbons (Fsp3) is 0.200. The van der Waals surface area contributed by atoms with Crippen LogP contribution >= 0.6 is 11.3 Å². The van der Waals surface area contributed by atoms with Crippen LogP contribution in [0.25, 0.3) is 38.4 Å². The molecule has 5 aromatic rings. The third-order valence-electron chi connectivity index (χ3n) is 7.74. The first kappa shape index (κ1) is 23.8. The van der Waals surface area contributed by atoms with Gasteiger partial charge in [0.05, 0.1) is 0 Å². The first-order valence-electron chi connectivity index (χ1n) is 13.3. The van der Waals surface area contributed by atoms with Crippen LogP contribution in [0.5, 0.6) is 0 Å². The number of benzene rings is 4. The summed E-state index contributed by atoms with van der Waals surface area (Å²) in [6.07, 6.45) is 6.71. The van der Waals surface area contributed by atoms with Gasteiger partial charge in [0.25, 0.3) is 0 Å². The largest absolute Gasteiger partial charge is 0.356 e. The highest BCUT2D eigenvalue weighted by molar-refractivity contribution is 7.19. The van der Waals surface area contributed by atoms with E-state index in [1.54, 1.807) is 0 Å². The van der Waals surface area contributed by atoms with Gasteiger partial charge >= 0.3 is 0 Å². The molecule has 1 N–H and O–H groups in total. The molecule has 1 heterocycles. The minimum absolute atomic E-state index is 0.0105. The van der Waals surface area contributed by atoms with Crippen molar-refractivity contribution >= 4 is 38.9 Å². The molecule has 37 heavy (non-hydrogen) atoms. The summed E-state index contributed by atoms with van der Waals surface area (Å²) in [5, 5.41) is 5.01. The summed E-state index contributed by atoms with van der Waals surface area (Å²) in [5.41, 5.74) is 11.7. The van der Waals surface area contributed by atoms with E-state index in [0.717, 1.165) is 24.2 Å². The minimum Gasteiger partial charge on any atom is -0.356 e. The number of hydrogen-bond acceptors (Lipinski definition) is 2. The Morgan fingerprint density at radius 3 is 2.27 bits per heavy atom. The molecule has 2 heteroatoms. The van der Waals surface area contributed by atoms with E-state index in [1.165, 1.54) is 53.9 Å². The van der Waals surface area contributed by atoms with Crippen molar-refractivity contribution in [1.82, 2.24) is 0 Å². The second-order valence-corrected chi connectivity index (χ2v) is 11.6. The molecule has 184 valence electrons. The van der Waals surface area contributed by atoms with E-state index in [0.29, 0.717) is 0 Å². The lowest BCUT2D eigenvalue weighted by molar-refractivity contribution is 0.660. The van der Waals surface area contributed by atoms with Crippen molar-refractivity contribution < 1.29 is 0 Å². The number of allylic oxidation sites excluding steroid dienone is 1. The molecule has 1 nitrogen and oxygen atoms in total. The maximum Gasteiger partial charge on any atom is 0.0387 e. The van der Waals surface area contributed by atoms with Gasteiger partial charge in [-0.1, -0.05) is 88.4 Å². The van der Waals surface area contributed by atoms with E-state index >= 15 is 0 Å². The molecule has 0 atom stereocenters. The maximum absolute atomic E-state index is 3.64. The minimum atomic E-state index is 0.0105. The Morgan fingerprint density at radius 2 is 1.49 bits per heavy atom. The Hall–Kier alpha value is -3.62. The summed E-state index contributed by atoms with van der Waals surface area (Å²) >= 11 is 1.92. The molecule has 0 radical (unpaired) electrons. The number of fused-ring (bicyclic) bond motifs is 4. The summed E-state index contributed by atoms with van der Waals surface area (Å²) in [5.74, 6) is 0. The fourth-order valence-corrected chi connectivity index (χ4v) is 6.84. The molecule has 0 unspecified atom stereocenters. The summed E-state index contributed by atoms with van der Waals surface area (Å²) < 4.78 is 1.37. The Bertz CT molecular complexity index is 1630. The van der Waals surface area contributed by atoms with Gasteiger partial charge in [-0.25, -0.2) is 0 Å². The molecule has 1 aromatic heterocycles. The normalized spacial score (nSPS) is 13.7. The lowest BCUT2D eigenvalue weighted by atomic mass is 9.82. The van der Waals surface area contributed by atoms with Gasteiger partial charge in [0.1, 0.15) is 0 Å². The average Bonchev–Trinajstić information content (AvgIpc) is 3.39.